The summed E-state index contributed by atoms with van der Waals surface area (Å²) in [6.07, 6.45) is 3.64. The van der Waals surface area contributed by atoms with Gasteiger partial charge in [-0.15, -0.1) is 0 Å². The fourth-order valence-electron chi connectivity index (χ4n) is 3.58. The van der Waals surface area contributed by atoms with E-state index in [0.29, 0.717) is 17.5 Å². The van der Waals surface area contributed by atoms with E-state index in [-0.39, 0.29) is 5.91 Å². The zero-order valence-corrected chi connectivity index (χ0v) is 16.9. The van der Waals surface area contributed by atoms with E-state index in [9.17, 15) is 4.79 Å². The number of carbonyl (C=O) groups excluding carboxylic acids is 1. The van der Waals surface area contributed by atoms with Crippen LogP contribution in [-0.4, -0.2) is 37.6 Å². The van der Waals surface area contributed by atoms with Crippen molar-refractivity contribution < 1.29 is 9.53 Å². The summed E-state index contributed by atoms with van der Waals surface area (Å²) < 4.78 is 5.38. The number of aryl methyl sites for hydroxylation is 1. The van der Waals surface area contributed by atoms with Crippen LogP contribution in [0, 0.1) is 0 Å². The van der Waals surface area contributed by atoms with E-state index in [4.69, 9.17) is 10.5 Å². The summed E-state index contributed by atoms with van der Waals surface area (Å²) in [6, 6.07) is 16.0. The van der Waals surface area contributed by atoms with E-state index in [1.165, 1.54) is 30.5 Å². The van der Waals surface area contributed by atoms with E-state index in [1.54, 1.807) is 31.4 Å². The Hall–Kier alpha value is -2.33. The lowest BCUT2D eigenvalue weighted by Crippen LogP contribution is -2.37. The molecule has 0 aromatic heterocycles. The molecular formula is C23H32N2O2. The number of nitrogens with two attached hydrogens (primary N) is 1. The first-order valence-corrected chi connectivity index (χ1v) is 9.68. The lowest BCUT2D eigenvalue weighted by Gasteiger charge is -2.36. The second-order valence-electron chi connectivity index (χ2n) is 7.20. The molecule has 146 valence electrons. The van der Waals surface area contributed by atoms with Crippen molar-refractivity contribution in [1.29, 1.82) is 0 Å². The number of likely N-dealkylation sites (tertiary alicyclic amines) is 1. The lowest BCUT2D eigenvalue weighted by molar-refractivity contribution is 0.100. The van der Waals surface area contributed by atoms with Crippen LogP contribution < -0.4 is 10.5 Å². The van der Waals surface area contributed by atoms with Crippen molar-refractivity contribution in [2.24, 2.45) is 5.73 Å². The van der Waals surface area contributed by atoms with Crippen molar-refractivity contribution in [1.82, 2.24) is 4.90 Å². The third kappa shape index (κ3) is 5.83. The standard InChI is InChI=1S/C16H25NO.C7H7NO/c1-5-13-6-7-15(18-4)11-16(13)14-8-9-17(3)12(2)10-14;8-7(9)6-4-2-1-3-5-6/h6-7,11-12,14H,5,8-10H2,1-4H3;1-5H,(H2,8,9)/t12?,14-;/m1./s1. The highest BCUT2D eigenvalue weighted by atomic mass is 16.5. The van der Waals surface area contributed by atoms with E-state index in [2.05, 4.69) is 44.0 Å². The summed E-state index contributed by atoms with van der Waals surface area (Å²) in [7, 11) is 3.98. The number of piperidine rings is 1. The Balaban J connectivity index is 0.000000244. The van der Waals surface area contributed by atoms with Gasteiger partial charge in [-0.25, -0.2) is 0 Å². The number of amides is 1. The lowest BCUT2D eigenvalue weighted by atomic mass is 9.83. The smallest absolute Gasteiger partial charge is 0.248 e. The topological polar surface area (TPSA) is 55.6 Å². The van der Waals surface area contributed by atoms with Gasteiger partial charge in [0.05, 0.1) is 7.11 Å². The van der Waals surface area contributed by atoms with Crippen LogP contribution in [-0.2, 0) is 6.42 Å². The molecule has 4 heteroatoms. The van der Waals surface area contributed by atoms with Crippen molar-refractivity contribution in [3.63, 3.8) is 0 Å². The van der Waals surface area contributed by atoms with Gasteiger partial charge in [-0.05, 0) is 81.1 Å². The van der Waals surface area contributed by atoms with Crippen LogP contribution in [0.3, 0.4) is 0 Å². The number of nitrogens with zero attached hydrogens (tertiary/aromatic N) is 1. The Labute approximate surface area is 163 Å². The minimum atomic E-state index is -0.379. The van der Waals surface area contributed by atoms with E-state index in [0.717, 1.165) is 12.2 Å². The number of benzene rings is 2. The first-order chi connectivity index (χ1) is 13.0. The molecule has 2 aromatic rings. The van der Waals surface area contributed by atoms with Crippen LogP contribution in [0.4, 0.5) is 0 Å². The number of hydrogen-bond acceptors (Lipinski definition) is 3. The Bertz CT molecular complexity index is 730. The molecule has 0 radical (unpaired) electrons. The summed E-state index contributed by atoms with van der Waals surface area (Å²) in [6.45, 7) is 5.77. The molecule has 2 N–H and O–H groups in total. The molecule has 1 saturated heterocycles. The molecule has 0 bridgehead atoms. The highest BCUT2D eigenvalue weighted by molar-refractivity contribution is 5.92. The minimum absolute atomic E-state index is 0.379. The molecule has 1 unspecified atom stereocenters. The molecule has 2 atom stereocenters. The number of hydrogen-bond donors (Lipinski definition) is 1. The molecule has 0 saturated carbocycles. The zero-order valence-electron chi connectivity index (χ0n) is 16.9. The van der Waals surface area contributed by atoms with Crippen molar-refractivity contribution in [3.8, 4) is 5.75 Å². The molecule has 1 amide bonds. The third-order valence-corrected chi connectivity index (χ3v) is 5.44. The van der Waals surface area contributed by atoms with Crippen LogP contribution in [0.5, 0.6) is 5.75 Å². The maximum Gasteiger partial charge on any atom is 0.248 e. The van der Waals surface area contributed by atoms with E-state index >= 15 is 0 Å². The molecule has 1 fully saturated rings. The summed E-state index contributed by atoms with van der Waals surface area (Å²) in [5.41, 5.74) is 8.52. The third-order valence-electron chi connectivity index (χ3n) is 5.44. The molecule has 1 aliphatic rings. The second kappa shape index (κ2) is 10.1. The van der Waals surface area contributed by atoms with Gasteiger partial charge in [-0.3, -0.25) is 4.79 Å². The number of methoxy groups -OCH3 is 1. The predicted octanol–water partition coefficient (Wildman–Crippen LogP) is 4.24. The molecule has 1 aliphatic heterocycles. The van der Waals surface area contributed by atoms with Gasteiger partial charge < -0.3 is 15.4 Å². The molecule has 27 heavy (non-hydrogen) atoms. The number of primary amides is 1. The van der Waals surface area contributed by atoms with Gasteiger partial charge in [0.1, 0.15) is 5.75 Å². The van der Waals surface area contributed by atoms with Gasteiger partial charge in [0.15, 0.2) is 0 Å². The second-order valence-corrected chi connectivity index (χ2v) is 7.20. The summed E-state index contributed by atoms with van der Waals surface area (Å²) in [5, 5.41) is 0. The largest absolute Gasteiger partial charge is 0.497 e. The van der Waals surface area contributed by atoms with E-state index < -0.39 is 0 Å². The highest BCUT2D eigenvalue weighted by Crippen LogP contribution is 2.34. The molecular weight excluding hydrogens is 336 g/mol. The molecule has 3 rings (SSSR count). The monoisotopic (exact) mass is 368 g/mol. The summed E-state index contributed by atoms with van der Waals surface area (Å²) >= 11 is 0. The number of carbonyl (C=O) groups is 1. The van der Waals surface area contributed by atoms with Crippen molar-refractivity contribution in [2.45, 2.75) is 45.1 Å². The number of ether oxygens (including phenoxy) is 1. The maximum atomic E-state index is 10.4. The van der Waals surface area contributed by atoms with Crippen molar-refractivity contribution >= 4 is 5.91 Å². The molecule has 0 aliphatic carbocycles. The quantitative estimate of drug-likeness (QED) is 0.878. The van der Waals surface area contributed by atoms with Gasteiger partial charge in [0.25, 0.3) is 0 Å². The van der Waals surface area contributed by atoms with Crippen LogP contribution in [0.1, 0.15) is 54.1 Å². The SMILES string of the molecule is CCc1ccc(OC)cc1[C@@H]1CCN(C)C(C)C1.NC(=O)c1ccccc1. The predicted molar refractivity (Wildman–Crippen MR) is 111 cm³/mol. The minimum Gasteiger partial charge on any atom is -0.497 e. The normalized spacial score (nSPS) is 19.7. The van der Waals surface area contributed by atoms with Crippen LogP contribution in [0.25, 0.3) is 0 Å². The molecule has 2 aromatic carbocycles. The Morgan fingerprint density at radius 1 is 1.22 bits per heavy atom. The van der Waals surface area contributed by atoms with Gasteiger partial charge >= 0.3 is 0 Å². The van der Waals surface area contributed by atoms with Gasteiger partial charge in [0, 0.05) is 11.6 Å². The average Bonchev–Trinajstić information content (AvgIpc) is 2.70. The van der Waals surface area contributed by atoms with Crippen LogP contribution in [0.15, 0.2) is 48.5 Å². The fraction of sp³-hybridized carbons (Fsp3) is 0.435. The molecule has 0 spiro atoms. The van der Waals surface area contributed by atoms with Gasteiger partial charge in [-0.2, -0.15) is 0 Å². The van der Waals surface area contributed by atoms with Crippen molar-refractivity contribution in [3.05, 3.63) is 65.2 Å². The summed E-state index contributed by atoms with van der Waals surface area (Å²) in [4.78, 5) is 12.9. The zero-order chi connectivity index (χ0) is 19.8. The highest BCUT2D eigenvalue weighted by Gasteiger charge is 2.25. The fourth-order valence-corrected chi connectivity index (χ4v) is 3.58. The van der Waals surface area contributed by atoms with Gasteiger partial charge in [-0.1, -0.05) is 31.2 Å². The molecule has 4 nitrogen and oxygen atoms in total. The van der Waals surface area contributed by atoms with Crippen LogP contribution in [0.2, 0.25) is 0 Å². The van der Waals surface area contributed by atoms with E-state index in [1.807, 2.05) is 6.07 Å². The van der Waals surface area contributed by atoms with Gasteiger partial charge in [0.2, 0.25) is 5.91 Å². The number of rotatable bonds is 4. The Morgan fingerprint density at radius 2 is 1.93 bits per heavy atom. The van der Waals surface area contributed by atoms with Crippen LogP contribution >= 0.6 is 0 Å². The Morgan fingerprint density at radius 3 is 2.44 bits per heavy atom. The van der Waals surface area contributed by atoms with Crippen molar-refractivity contribution in [2.75, 3.05) is 20.7 Å². The first kappa shape index (κ1) is 21.0. The molecule has 1 heterocycles. The maximum absolute atomic E-state index is 10.4. The summed E-state index contributed by atoms with van der Waals surface area (Å²) in [5.74, 6) is 1.31. The average molecular weight is 369 g/mol. The Kier molecular flexibility index (Phi) is 7.86. The first-order valence-electron chi connectivity index (χ1n) is 9.68.